The number of carbonyl (C=O) groups is 1. The van der Waals surface area contributed by atoms with Gasteiger partial charge in [-0.3, -0.25) is 9.69 Å². The summed E-state index contributed by atoms with van der Waals surface area (Å²) >= 11 is 0. The van der Waals surface area contributed by atoms with Crippen LogP contribution in [-0.4, -0.2) is 61.5 Å². The molecule has 4 heteroatoms. The first kappa shape index (κ1) is 28.2. The number of piperazine rings is 1. The number of nitrogens with zero attached hydrogens (tertiary/aromatic N) is 3. The Morgan fingerprint density at radius 3 is 1.81 bits per heavy atom. The molecular weight excluding hydrogens is 514 g/mol. The van der Waals surface area contributed by atoms with Crippen molar-refractivity contribution in [2.24, 2.45) is 0 Å². The van der Waals surface area contributed by atoms with Crippen LogP contribution < -0.4 is 4.90 Å². The topological polar surface area (TPSA) is 26.8 Å². The van der Waals surface area contributed by atoms with E-state index in [-0.39, 0.29) is 5.91 Å². The first-order valence-corrected chi connectivity index (χ1v) is 15.8. The number of amides is 1. The Hall–Kier alpha value is -3.89. The molecule has 0 radical (unpaired) electrons. The van der Waals surface area contributed by atoms with Gasteiger partial charge in [0.25, 0.3) is 0 Å². The average Bonchev–Trinajstić information content (AvgIpc) is 3.35. The lowest BCUT2D eigenvalue weighted by molar-refractivity contribution is -0.135. The van der Waals surface area contributed by atoms with Gasteiger partial charge in [0.05, 0.1) is 0 Å². The molecule has 1 amide bonds. The van der Waals surface area contributed by atoms with Crippen molar-refractivity contribution >= 4 is 11.6 Å². The van der Waals surface area contributed by atoms with Gasteiger partial charge in [-0.1, -0.05) is 97.4 Å². The van der Waals surface area contributed by atoms with Gasteiger partial charge in [0, 0.05) is 45.0 Å². The van der Waals surface area contributed by atoms with Crippen molar-refractivity contribution < 1.29 is 4.79 Å². The average molecular weight is 558 g/mol. The number of fused-ring (bicyclic) bond motifs is 3. The fraction of sp³-hybridized carbons (Fsp3) is 0.342. The number of carbonyl (C=O) groups excluding carboxylic acids is 1. The first-order chi connectivity index (χ1) is 20.7. The van der Waals surface area contributed by atoms with Crippen molar-refractivity contribution in [1.82, 2.24) is 9.80 Å². The maximum Gasteiger partial charge on any atom is 0.237 e. The summed E-state index contributed by atoms with van der Waals surface area (Å²) in [5.41, 5.74) is 8.07. The van der Waals surface area contributed by atoms with Crippen molar-refractivity contribution in [3.63, 3.8) is 0 Å². The molecule has 42 heavy (non-hydrogen) atoms. The minimum Gasteiger partial charge on any atom is -0.369 e. The van der Waals surface area contributed by atoms with E-state index >= 15 is 0 Å². The van der Waals surface area contributed by atoms with E-state index in [1.807, 2.05) is 4.90 Å². The van der Waals surface area contributed by atoms with Gasteiger partial charge in [-0.05, 0) is 78.7 Å². The molecule has 1 fully saturated rings. The van der Waals surface area contributed by atoms with Crippen LogP contribution in [0, 0.1) is 0 Å². The molecule has 0 unspecified atom stereocenters. The fourth-order valence-corrected chi connectivity index (χ4v) is 7.16. The van der Waals surface area contributed by atoms with Gasteiger partial charge in [-0.25, -0.2) is 0 Å². The van der Waals surface area contributed by atoms with E-state index in [1.54, 1.807) is 0 Å². The van der Waals surface area contributed by atoms with Crippen molar-refractivity contribution in [1.29, 1.82) is 0 Å². The zero-order valence-electron chi connectivity index (χ0n) is 25.1. The van der Waals surface area contributed by atoms with Crippen molar-refractivity contribution in [2.45, 2.75) is 38.5 Å². The molecule has 1 aliphatic heterocycles. The third kappa shape index (κ3) is 5.25. The lowest BCUT2D eigenvalue weighted by Crippen LogP contribution is -2.47. The fourth-order valence-electron chi connectivity index (χ4n) is 7.16. The maximum absolute atomic E-state index is 14.3. The molecule has 1 heterocycles. The number of hydrogen-bond donors (Lipinski definition) is 0. The minimum absolute atomic E-state index is 0.261. The predicted molar refractivity (Wildman–Crippen MR) is 175 cm³/mol. The molecule has 4 aromatic carbocycles. The Morgan fingerprint density at radius 2 is 1.21 bits per heavy atom. The predicted octanol–water partition coefficient (Wildman–Crippen LogP) is 7.48. The third-order valence-corrected chi connectivity index (χ3v) is 9.47. The van der Waals surface area contributed by atoms with Crippen molar-refractivity contribution in [2.75, 3.05) is 50.7 Å². The molecule has 4 nitrogen and oxygen atoms in total. The molecule has 2 aliphatic rings. The second kappa shape index (κ2) is 12.5. The van der Waals surface area contributed by atoms with E-state index in [4.69, 9.17) is 0 Å². The quantitative estimate of drug-likeness (QED) is 0.189. The Balaban J connectivity index is 1.09. The van der Waals surface area contributed by atoms with E-state index in [0.29, 0.717) is 0 Å². The van der Waals surface area contributed by atoms with Crippen LogP contribution in [0.5, 0.6) is 0 Å². The highest BCUT2D eigenvalue weighted by Crippen LogP contribution is 2.52. The van der Waals surface area contributed by atoms with E-state index in [2.05, 4.69) is 127 Å². The summed E-state index contributed by atoms with van der Waals surface area (Å²) in [5.74, 6) is 0.261. The van der Waals surface area contributed by atoms with E-state index < -0.39 is 5.41 Å². The summed E-state index contributed by atoms with van der Waals surface area (Å²) in [7, 11) is 0. The summed E-state index contributed by atoms with van der Waals surface area (Å²) in [6.45, 7) is 11.0. The van der Waals surface area contributed by atoms with Gasteiger partial charge >= 0.3 is 0 Å². The third-order valence-electron chi connectivity index (χ3n) is 9.47. The molecule has 0 spiro atoms. The Kier molecular flexibility index (Phi) is 8.43. The number of unbranched alkanes of at least 4 members (excludes halogenated alkanes) is 1. The van der Waals surface area contributed by atoms with Crippen LogP contribution >= 0.6 is 0 Å². The second-order valence-electron chi connectivity index (χ2n) is 11.7. The largest absolute Gasteiger partial charge is 0.369 e. The van der Waals surface area contributed by atoms with Crippen molar-refractivity contribution in [3.8, 4) is 22.3 Å². The standard InChI is InChI=1S/C38H43N3O/c1-3-40(4-2)37(42)38(35-18-10-8-16-33(35)34-17-9-11-19-36(34)38)24-12-13-25-39-26-28-41(29-27-39)32-22-20-31(21-23-32)30-14-6-5-7-15-30/h5-11,14-23H,3-4,12-13,24-29H2,1-2H3. The zero-order chi connectivity index (χ0) is 28.9. The lowest BCUT2D eigenvalue weighted by atomic mass is 9.73. The van der Waals surface area contributed by atoms with Gasteiger partial charge < -0.3 is 9.80 Å². The van der Waals surface area contributed by atoms with E-state index in [0.717, 1.165) is 65.1 Å². The van der Waals surface area contributed by atoms with Gasteiger partial charge in [-0.2, -0.15) is 0 Å². The molecule has 4 aromatic rings. The molecular formula is C38H43N3O. The highest BCUT2D eigenvalue weighted by atomic mass is 16.2. The van der Waals surface area contributed by atoms with E-state index in [9.17, 15) is 4.79 Å². The monoisotopic (exact) mass is 557 g/mol. The van der Waals surface area contributed by atoms with Crippen LogP contribution in [0.2, 0.25) is 0 Å². The maximum atomic E-state index is 14.3. The first-order valence-electron chi connectivity index (χ1n) is 15.8. The molecule has 6 rings (SSSR count). The summed E-state index contributed by atoms with van der Waals surface area (Å²) in [4.78, 5) is 21.5. The van der Waals surface area contributed by atoms with Crippen LogP contribution in [0.3, 0.4) is 0 Å². The Bertz CT molecular complexity index is 1440. The second-order valence-corrected chi connectivity index (χ2v) is 11.7. The van der Waals surface area contributed by atoms with Gasteiger partial charge in [0.15, 0.2) is 0 Å². The van der Waals surface area contributed by atoms with Crippen molar-refractivity contribution in [3.05, 3.63) is 114 Å². The highest BCUT2D eigenvalue weighted by molar-refractivity contribution is 6.00. The number of benzene rings is 4. The Morgan fingerprint density at radius 1 is 0.667 bits per heavy atom. The molecule has 0 aromatic heterocycles. The van der Waals surface area contributed by atoms with Gasteiger partial charge in [0.2, 0.25) is 5.91 Å². The molecule has 1 saturated heterocycles. The smallest absolute Gasteiger partial charge is 0.237 e. The summed E-state index contributed by atoms with van der Waals surface area (Å²) in [5, 5.41) is 0. The van der Waals surface area contributed by atoms with Crippen LogP contribution in [0.1, 0.15) is 44.2 Å². The molecule has 0 bridgehead atoms. The van der Waals surface area contributed by atoms with Crippen LogP contribution in [0.4, 0.5) is 5.69 Å². The molecule has 0 atom stereocenters. The number of likely N-dealkylation sites (N-methyl/N-ethyl adjacent to an activating group) is 1. The van der Waals surface area contributed by atoms with Gasteiger partial charge in [-0.15, -0.1) is 0 Å². The number of anilines is 1. The molecule has 216 valence electrons. The Labute approximate surface area is 251 Å². The summed E-state index contributed by atoms with van der Waals surface area (Å²) in [6, 6.07) is 36.8. The van der Waals surface area contributed by atoms with Crippen LogP contribution in [0.25, 0.3) is 22.3 Å². The molecule has 0 saturated carbocycles. The normalized spacial score (nSPS) is 15.7. The lowest BCUT2D eigenvalue weighted by Gasteiger charge is -2.37. The SMILES string of the molecule is CCN(CC)C(=O)C1(CCCCN2CCN(c3ccc(-c4ccccc4)cc3)CC2)c2ccccc2-c2ccccc21. The van der Waals surface area contributed by atoms with Crippen LogP contribution in [-0.2, 0) is 10.2 Å². The summed E-state index contributed by atoms with van der Waals surface area (Å²) in [6.07, 6.45) is 2.98. The zero-order valence-corrected chi connectivity index (χ0v) is 25.1. The minimum atomic E-state index is -0.593. The number of rotatable bonds is 10. The van der Waals surface area contributed by atoms with Crippen LogP contribution in [0.15, 0.2) is 103 Å². The summed E-state index contributed by atoms with van der Waals surface area (Å²) < 4.78 is 0. The molecule has 0 N–H and O–H groups in total. The molecule has 1 aliphatic carbocycles. The number of hydrogen-bond acceptors (Lipinski definition) is 3. The highest BCUT2D eigenvalue weighted by Gasteiger charge is 2.49. The van der Waals surface area contributed by atoms with E-state index in [1.165, 1.54) is 39.1 Å². The van der Waals surface area contributed by atoms with Gasteiger partial charge in [0.1, 0.15) is 5.41 Å².